The number of carbonyl (C=O) groups is 1. The third-order valence-corrected chi connectivity index (χ3v) is 2.90. The lowest BCUT2D eigenvalue weighted by molar-refractivity contribution is 0.0697. The molecule has 0 bridgehead atoms. The summed E-state index contributed by atoms with van der Waals surface area (Å²) in [6, 6.07) is 6.57. The highest BCUT2D eigenvalue weighted by atomic mass is 35.5. The molecule has 0 aliphatic carbocycles. The molecule has 1 unspecified atom stereocenters. The Morgan fingerprint density at radius 3 is 2.37 bits per heavy atom. The van der Waals surface area contributed by atoms with E-state index >= 15 is 0 Å². The molecule has 1 atom stereocenters. The third-order valence-electron chi connectivity index (χ3n) is 2.90. The number of halogens is 1. The number of carboxylic acid groups (broad SMARTS) is 1. The SMILES string of the molecule is CCCCCCC(C)Oc1ccc(C(=O)O)cc1.Cl. The van der Waals surface area contributed by atoms with Crippen molar-refractivity contribution in [2.75, 3.05) is 0 Å². The first-order valence-corrected chi connectivity index (χ1v) is 6.63. The molecule has 0 saturated heterocycles. The van der Waals surface area contributed by atoms with Crippen LogP contribution in [0.25, 0.3) is 0 Å². The minimum Gasteiger partial charge on any atom is -0.491 e. The average Bonchev–Trinajstić information content (AvgIpc) is 2.35. The Bertz CT molecular complexity index is 362. The molecular formula is C15H23ClO3. The second-order valence-electron chi connectivity index (χ2n) is 4.61. The molecule has 0 heterocycles. The number of carboxylic acids is 1. The van der Waals surface area contributed by atoms with Gasteiger partial charge in [0.1, 0.15) is 5.75 Å². The van der Waals surface area contributed by atoms with Crippen molar-refractivity contribution >= 4 is 18.4 Å². The maximum atomic E-state index is 10.7. The van der Waals surface area contributed by atoms with Crippen LogP contribution in [0.2, 0.25) is 0 Å². The normalized spacial score (nSPS) is 11.5. The van der Waals surface area contributed by atoms with Crippen LogP contribution in [0.5, 0.6) is 5.75 Å². The number of hydrogen-bond donors (Lipinski definition) is 1. The molecular weight excluding hydrogens is 264 g/mol. The Hall–Kier alpha value is -1.22. The van der Waals surface area contributed by atoms with E-state index in [1.807, 2.05) is 0 Å². The fourth-order valence-corrected chi connectivity index (χ4v) is 1.83. The van der Waals surface area contributed by atoms with Gasteiger partial charge in [-0.1, -0.05) is 26.2 Å². The van der Waals surface area contributed by atoms with Crippen LogP contribution in [0.15, 0.2) is 24.3 Å². The molecule has 1 aromatic rings. The fourth-order valence-electron chi connectivity index (χ4n) is 1.83. The second kappa shape index (κ2) is 9.68. The summed E-state index contributed by atoms with van der Waals surface area (Å²) in [5.41, 5.74) is 0.290. The minimum absolute atomic E-state index is 0. The summed E-state index contributed by atoms with van der Waals surface area (Å²) in [6.45, 7) is 4.25. The summed E-state index contributed by atoms with van der Waals surface area (Å²) in [7, 11) is 0. The van der Waals surface area contributed by atoms with E-state index in [2.05, 4.69) is 13.8 Å². The van der Waals surface area contributed by atoms with Gasteiger partial charge in [0, 0.05) is 0 Å². The Kier molecular flexibility index (Phi) is 9.06. The first-order valence-electron chi connectivity index (χ1n) is 6.63. The van der Waals surface area contributed by atoms with E-state index in [0.29, 0.717) is 0 Å². The van der Waals surface area contributed by atoms with E-state index in [9.17, 15) is 4.79 Å². The van der Waals surface area contributed by atoms with E-state index in [0.717, 1.165) is 12.2 Å². The molecule has 0 radical (unpaired) electrons. The number of aromatic carboxylic acids is 1. The standard InChI is InChI=1S/C15H22O3.ClH/c1-3-4-5-6-7-12(2)18-14-10-8-13(9-11-14)15(16)17;/h8-12H,3-7H2,1-2H3,(H,16,17);1H. The molecule has 4 heteroatoms. The molecule has 0 fully saturated rings. The van der Waals surface area contributed by atoms with Crippen LogP contribution in [0.4, 0.5) is 0 Å². The Balaban J connectivity index is 0.00000324. The number of ether oxygens (including phenoxy) is 1. The van der Waals surface area contributed by atoms with Gasteiger partial charge >= 0.3 is 5.97 Å². The van der Waals surface area contributed by atoms with Gasteiger partial charge in [0.2, 0.25) is 0 Å². The zero-order valence-electron chi connectivity index (χ0n) is 11.6. The van der Waals surface area contributed by atoms with Crippen molar-refractivity contribution in [2.45, 2.75) is 52.1 Å². The summed E-state index contributed by atoms with van der Waals surface area (Å²) < 4.78 is 5.74. The molecule has 0 spiro atoms. The number of unbranched alkanes of at least 4 members (excludes halogenated alkanes) is 3. The van der Waals surface area contributed by atoms with E-state index in [1.54, 1.807) is 24.3 Å². The fraction of sp³-hybridized carbons (Fsp3) is 0.533. The second-order valence-corrected chi connectivity index (χ2v) is 4.61. The number of benzene rings is 1. The minimum atomic E-state index is -0.908. The third kappa shape index (κ3) is 7.06. The van der Waals surface area contributed by atoms with Gasteiger partial charge in [-0.3, -0.25) is 0 Å². The average molecular weight is 287 g/mol. The van der Waals surface area contributed by atoms with Crippen LogP contribution in [-0.2, 0) is 0 Å². The number of hydrogen-bond acceptors (Lipinski definition) is 2. The van der Waals surface area contributed by atoms with E-state index < -0.39 is 5.97 Å². The molecule has 3 nitrogen and oxygen atoms in total. The smallest absolute Gasteiger partial charge is 0.335 e. The molecule has 1 aromatic carbocycles. The Morgan fingerprint density at radius 2 is 1.84 bits per heavy atom. The first-order chi connectivity index (χ1) is 8.63. The maximum absolute atomic E-state index is 10.7. The topological polar surface area (TPSA) is 46.5 Å². The molecule has 1 N–H and O–H groups in total. The van der Waals surface area contributed by atoms with Crippen molar-refractivity contribution in [3.63, 3.8) is 0 Å². The summed E-state index contributed by atoms with van der Waals surface area (Å²) in [6.07, 6.45) is 6.18. The highest BCUT2D eigenvalue weighted by molar-refractivity contribution is 5.87. The number of rotatable bonds is 8. The van der Waals surface area contributed by atoms with Crippen molar-refractivity contribution in [3.05, 3.63) is 29.8 Å². The van der Waals surface area contributed by atoms with Crippen LogP contribution >= 0.6 is 12.4 Å². The van der Waals surface area contributed by atoms with E-state index in [-0.39, 0.29) is 24.1 Å². The molecule has 0 saturated carbocycles. The highest BCUT2D eigenvalue weighted by Crippen LogP contribution is 2.16. The lowest BCUT2D eigenvalue weighted by atomic mass is 10.1. The van der Waals surface area contributed by atoms with Gasteiger partial charge in [0.05, 0.1) is 11.7 Å². The summed E-state index contributed by atoms with van der Waals surface area (Å²) in [4.78, 5) is 10.7. The molecule has 0 aliphatic heterocycles. The van der Waals surface area contributed by atoms with Gasteiger partial charge in [-0.2, -0.15) is 0 Å². The predicted molar refractivity (Wildman–Crippen MR) is 79.5 cm³/mol. The molecule has 1 rings (SSSR count). The van der Waals surface area contributed by atoms with Crippen LogP contribution in [0, 0.1) is 0 Å². The van der Waals surface area contributed by atoms with Crippen molar-refractivity contribution in [2.24, 2.45) is 0 Å². The zero-order chi connectivity index (χ0) is 13.4. The summed E-state index contributed by atoms with van der Waals surface area (Å²) in [5, 5.41) is 8.78. The summed E-state index contributed by atoms with van der Waals surface area (Å²) in [5.74, 6) is -0.169. The lowest BCUT2D eigenvalue weighted by Gasteiger charge is -2.14. The molecule has 19 heavy (non-hydrogen) atoms. The maximum Gasteiger partial charge on any atom is 0.335 e. The monoisotopic (exact) mass is 286 g/mol. The predicted octanol–water partition coefficient (Wildman–Crippen LogP) is 4.54. The largest absolute Gasteiger partial charge is 0.491 e. The van der Waals surface area contributed by atoms with Crippen LogP contribution < -0.4 is 4.74 Å². The molecule has 108 valence electrons. The Labute approximate surface area is 121 Å². The highest BCUT2D eigenvalue weighted by Gasteiger charge is 2.06. The van der Waals surface area contributed by atoms with Gasteiger partial charge in [-0.15, -0.1) is 12.4 Å². The van der Waals surface area contributed by atoms with Gasteiger partial charge < -0.3 is 9.84 Å². The zero-order valence-corrected chi connectivity index (χ0v) is 12.4. The van der Waals surface area contributed by atoms with Crippen molar-refractivity contribution in [3.8, 4) is 5.75 Å². The van der Waals surface area contributed by atoms with Crippen LogP contribution in [0.3, 0.4) is 0 Å². The van der Waals surface area contributed by atoms with Gasteiger partial charge in [-0.25, -0.2) is 4.79 Å². The summed E-state index contributed by atoms with van der Waals surface area (Å²) >= 11 is 0. The van der Waals surface area contributed by atoms with Gasteiger partial charge in [0.25, 0.3) is 0 Å². The molecule has 0 amide bonds. The van der Waals surface area contributed by atoms with Gasteiger partial charge in [-0.05, 0) is 44.0 Å². The van der Waals surface area contributed by atoms with Crippen molar-refractivity contribution in [1.82, 2.24) is 0 Å². The lowest BCUT2D eigenvalue weighted by Crippen LogP contribution is -2.11. The van der Waals surface area contributed by atoms with Crippen molar-refractivity contribution in [1.29, 1.82) is 0 Å². The quantitative estimate of drug-likeness (QED) is 0.713. The van der Waals surface area contributed by atoms with Gasteiger partial charge in [0.15, 0.2) is 0 Å². The van der Waals surface area contributed by atoms with Crippen LogP contribution in [0.1, 0.15) is 56.3 Å². The molecule has 0 aliphatic rings. The first kappa shape index (κ1) is 17.8. The Morgan fingerprint density at radius 1 is 1.21 bits per heavy atom. The van der Waals surface area contributed by atoms with E-state index in [4.69, 9.17) is 9.84 Å². The van der Waals surface area contributed by atoms with Crippen LogP contribution in [-0.4, -0.2) is 17.2 Å². The van der Waals surface area contributed by atoms with Crippen molar-refractivity contribution < 1.29 is 14.6 Å². The van der Waals surface area contributed by atoms with E-state index in [1.165, 1.54) is 25.7 Å². The molecule has 0 aromatic heterocycles.